The Bertz CT molecular complexity index is 720. The Morgan fingerprint density at radius 2 is 2.04 bits per heavy atom. The first kappa shape index (κ1) is 19.4. The highest BCUT2D eigenvalue weighted by atomic mass is 35.5. The van der Waals surface area contributed by atoms with E-state index in [-0.39, 0.29) is 28.9 Å². The largest absolute Gasteiger partial charge is 0.319 e. The third-order valence-electron chi connectivity index (χ3n) is 5.07. The van der Waals surface area contributed by atoms with Crippen LogP contribution in [0.2, 0.25) is 0 Å². The maximum atomic E-state index is 11.1. The van der Waals surface area contributed by atoms with E-state index >= 15 is 0 Å². The number of hydrogen-bond acceptors (Lipinski definition) is 3. The van der Waals surface area contributed by atoms with E-state index in [1.807, 2.05) is 13.1 Å². The van der Waals surface area contributed by atoms with E-state index in [1.54, 1.807) is 18.2 Å². The molecule has 5 heteroatoms. The Morgan fingerprint density at radius 1 is 1.24 bits per heavy atom. The van der Waals surface area contributed by atoms with Crippen molar-refractivity contribution in [1.29, 1.82) is 0 Å². The minimum Gasteiger partial charge on any atom is -0.319 e. The first-order chi connectivity index (χ1) is 11.7. The van der Waals surface area contributed by atoms with Crippen molar-refractivity contribution in [3.63, 3.8) is 0 Å². The lowest BCUT2D eigenvalue weighted by Gasteiger charge is -2.29. The van der Waals surface area contributed by atoms with E-state index in [9.17, 15) is 10.1 Å². The van der Waals surface area contributed by atoms with Gasteiger partial charge >= 0.3 is 0 Å². The maximum absolute atomic E-state index is 11.1. The van der Waals surface area contributed by atoms with Crippen molar-refractivity contribution >= 4 is 18.1 Å². The molecular formula is C20H25ClN2O2. The van der Waals surface area contributed by atoms with Crippen molar-refractivity contribution in [2.75, 3.05) is 13.6 Å². The minimum atomic E-state index is -0.310. The van der Waals surface area contributed by atoms with Crippen molar-refractivity contribution in [3.05, 3.63) is 75.3 Å². The van der Waals surface area contributed by atoms with Crippen molar-refractivity contribution in [3.8, 4) is 0 Å². The highest BCUT2D eigenvalue weighted by molar-refractivity contribution is 5.85. The molecule has 3 rings (SSSR count). The quantitative estimate of drug-likeness (QED) is 0.593. The summed E-state index contributed by atoms with van der Waals surface area (Å²) in [6.45, 7) is 0.833. The maximum Gasteiger partial charge on any atom is 0.269 e. The number of likely N-dealkylation sites (N-methyl/N-ethyl adjacent to an activating group) is 1. The highest BCUT2D eigenvalue weighted by Gasteiger charge is 2.24. The number of nitro groups is 1. The van der Waals surface area contributed by atoms with Crippen LogP contribution in [0, 0.1) is 10.1 Å². The average Bonchev–Trinajstić information content (AvgIpc) is 2.61. The first-order valence-corrected chi connectivity index (χ1v) is 8.65. The van der Waals surface area contributed by atoms with Gasteiger partial charge in [0, 0.05) is 18.7 Å². The van der Waals surface area contributed by atoms with Gasteiger partial charge in [-0.1, -0.05) is 36.4 Å². The van der Waals surface area contributed by atoms with Crippen molar-refractivity contribution in [2.45, 2.75) is 37.5 Å². The van der Waals surface area contributed by atoms with Crippen LogP contribution in [-0.4, -0.2) is 18.5 Å². The smallest absolute Gasteiger partial charge is 0.269 e. The zero-order valence-corrected chi connectivity index (χ0v) is 15.3. The summed E-state index contributed by atoms with van der Waals surface area (Å²) >= 11 is 0. The zero-order valence-electron chi connectivity index (χ0n) is 14.5. The summed E-state index contributed by atoms with van der Waals surface area (Å²) in [4.78, 5) is 10.8. The lowest BCUT2D eigenvalue weighted by molar-refractivity contribution is -0.384. The summed E-state index contributed by atoms with van der Waals surface area (Å²) in [5.74, 6) is 0.818. The molecule has 0 aliphatic heterocycles. The molecule has 134 valence electrons. The van der Waals surface area contributed by atoms with Crippen LogP contribution in [0.1, 0.15) is 47.8 Å². The first-order valence-electron chi connectivity index (χ1n) is 8.65. The summed E-state index contributed by atoms with van der Waals surface area (Å²) in [7, 11) is 1.94. The number of nitro benzene ring substituents is 1. The average molecular weight is 361 g/mol. The molecule has 0 saturated heterocycles. The molecule has 4 nitrogen and oxygen atoms in total. The summed E-state index contributed by atoms with van der Waals surface area (Å²) in [6, 6.07) is 15.8. The fraction of sp³-hybridized carbons (Fsp3) is 0.400. The molecule has 0 bridgehead atoms. The number of nitrogens with one attached hydrogen (secondary N) is 1. The van der Waals surface area contributed by atoms with E-state index in [0.717, 1.165) is 18.5 Å². The van der Waals surface area contributed by atoms with E-state index in [1.165, 1.54) is 30.4 Å². The summed E-state index contributed by atoms with van der Waals surface area (Å²) in [5.41, 5.74) is 4.17. The Hall–Kier alpha value is -1.91. The van der Waals surface area contributed by atoms with Crippen LogP contribution in [0.3, 0.4) is 0 Å². The Balaban J connectivity index is 0.00000225. The SMILES string of the molecule is CNCC(CC1CCCc2ccccc21)c1cccc([N+](=O)[O-])c1.Cl. The second-order valence-corrected chi connectivity index (χ2v) is 6.63. The summed E-state index contributed by atoms with van der Waals surface area (Å²) < 4.78 is 0. The molecule has 2 aromatic rings. The second kappa shape index (κ2) is 8.97. The topological polar surface area (TPSA) is 55.2 Å². The third-order valence-corrected chi connectivity index (χ3v) is 5.07. The third kappa shape index (κ3) is 4.59. The Labute approximate surface area is 155 Å². The van der Waals surface area contributed by atoms with Gasteiger partial charge in [-0.2, -0.15) is 0 Å². The predicted octanol–water partition coefficient (Wildman–Crippen LogP) is 4.83. The standard InChI is InChI=1S/C20H24N2O2.ClH/c1-21-14-18(16-8-5-10-19(13-16)22(23)24)12-17-9-4-7-15-6-2-3-11-20(15)17;/h2-3,5-6,8,10-11,13,17-18,21H,4,7,9,12,14H2,1H3;1H. The molecule has 0 saturated carbocycles. The van der Waals surface area contributed by atoms with Gasteiger partial charge in [-0.15, -0.1) is 12.4 Å². The molecule has 0 spiro atoms. The number of non-ortho nitro benzene ring substituents is 1. The minimum absolute atomic E-state index is 0. The Morgan fingerprint density at radius 3 is 2.80 bits per heavy atom. The number of hydrogen-bond donors (Lipinski definition) is 1. The molecule has 2 atom stereocenters. The normalized spacial score (nSPS) is 17.2. The number of benzene rings is 2. The van der Waals surface area contributed by atoms with Gasteiger partial charge in [0.1, 0.15) is 0 Å². The second-order valence-electron chi connectivity index (χ2n) is 6.63. The molecule has 0 heterocycles. The number of nitrogens with zero attached hydrogens (tertiary/aromatic N) is 1. The predicted molar refractivity (Wildman–Crippen MR) is 104 cm³/mol. The molecule has 0 aromatic heterocycles. The molecule has 1 aliphatic rings. The lowest BCUT2D eigenvalue weighted by Crippen LogP contribution is -2.21. The number of rotatable bonds is 6. The highest BCUT2D eigenvalue weighted by Crippen LogP contribution is 2.38. The van der Waals surface area contributed by atoms with Gasteiger partial charge in [0.05, 0.1) is 4.92 Å². The lowest BCUT2D eigenvalue weighted by atomic mass is 9.77. The zero-order chi connectivity index (χ0) is 16.9. The number of halogens is 1. The fourth-order valence-corrected chi connectivity index (χ4v) is 3.92. The molecule has 2 unspecified atom stereocenters. The van der Waals surface area contributed by atoms with E-state index in [2.05, 4.69) is 29.6 Å². The summed E-state index contributed by atoms with van der Waals surface area (Å²) in [5, 5.41) is 14.3. The Kier molecular flexibility index (Phi) is 6.97. The molecule has 25 heavy (non-hydrogen) atoms. The van der Waals surface area contributed by atoms with Gasteiger partial charge in [-0.25, -0.2) is 0 Å². The van der Waals surface area contributed by atoms with Gasteiger partial charge in [0.25, 0.3) is 5.69 Å². The number of aryl methyl sites for hydroxylation is 1. The van der Waals surface area contributed by atoms with Gasteiger partial charge in [0.15, 0.2) is 0 Å². The van der Waals surface area contributed by atoms with Crippen LogP contribution in [-0.2, 0) is 6.42 Å². The monoisotopic (exact) mass is 360 g/mol. The van der Waals surface area contributed by atoms with Gasteiger partial charge in [0.2, 0.25) is 0 Å². The molecular weight excluding hydrogens is 336 g/mol. The molecule has 2 aromatic carbocycles. The van der Waals surface area contributed by atoms with Crippen LogP contribution in [0.5, 0.6) is 0 Å². The van der Waals surface area contributed by atoms with Crippen LogP contribution in [0.25, 0.3) is 0 Å². The van der Waals surface area contributed by atoms with E-state index in [4.69, 9.17) is 0 Å². The number of fused-ring (bicyclic) bond motifs is 1. The molecule has 0 amide bonds. The van der Waals surface area contributed by atoms with Crippen molar-refractivity contribution in [1.82, 2.24) is 5.32 Å². The molecule has 1 aliphatic carbocycles. The fourth-order valence-electron chi connectivity index (χ4n) is 3.92. The van der Waals surface area contributed by atoms with Crippen molar-refractivity contribution in [2.24, 2.45) is 0 Å². The molecule has 1 N–H and O–H groups in total. The van der Waals surface area contributed by atoms with Gasteiger partial charge < -0.3 is 5.32 Å². The van der Waals surface area contributed by atoms with Crippen LogP contribution < -0.4 is 5.32 Å². The van der Waals surface area contributed by atoms with E-state index < -0.39 is 0 Å². The van der Waals surface area contributed by atoms with Crippen LogP contribution in [0.15, 0.2) is 48.5 Å². The molecule has 0 fully saturated rings. The van der Waals surface area contributed by atoms with Gasteiger partial charge in [-0.3, -0.25) is 10.1 Å². The summed E-state index contributed by atoms with van der Waals surface area (Å²) in [6.07, 6.45) is 4.62. The van der Waals surface area contributed by atoms with Gasteiger partial charge in [-0.05, 0) is 61.3 Å². The van der Waals surface area contributed by atoms with Crippen molar-refractivity contribution < 1.29 is 4.92 Å². The molecule has 0 radical (unpaired) electrons. The van der Waals surface area contributed by atoms with Crippen LogP contribution >= 0.6 is 12.4 Å². The van der Waals surface area contributed by atoms with E-state index in [0.29, 0.717) is 5.92 Å². The van der Waals surface area contributed by atoms with Crippen LogP contribution in [0.4, 0.5) is 5.69 Å².